The van der Waals surface area contributed by atoms with Crippen LogP contribution in [0, 0.1) is 0 Å². The first-order chi connectivity index (χ1) is 8.86. The molecule has 0 saturated heterocycles. The molecule has 0 fully saturated rings. The number of halogens is 1. The third-order valence-electron chi connectivity index (χ3n) is 2.33. The van der Waals surface area contributed by atoms with Gasteiger partial charge in [-0.1, -0.05) is 21.1 Å². The molecule has 0 aliphatic carbocycles. The van der Waals surface area contributed by atoms with Crippen LogP contribution in [-0.4, -0.2) is 24.8 Å². The summed E-state index contributed by atoms with van der Waals surface area (Å²) in [4.78, 5) is 4.90. The van der Waals surface area contributed by atoms with Gasteiger partial charge >= 0.3 is 0 Å². The van der Waals surface area contributed by atoms with Crippen molar-refractivity contribution in [3.05, 3.63) is 29.8 Å². The van der Waals surface area contributed by atoms with Gasteiger partial charge in [-0.05, 0) is 56.0 Å². The van der Waals surface area contributed by atoms with Crippen molar-refractivity contribution >= 4 is 22.1 Å². The molecular weight excluding hydrogens is 294 g/mol. The number of rotatable bonds is 9. The van der Waals surface area contributed by atoms with Gasteiger partial charge in [0.15, 0.2) is 0 Å². The van der Waals surface area contributed by atoms with E-state index < -0.39 is 0 Å². The number of alkyl halides is 1. The zero-order valence-electron chi connectivity index (χ0n) is 10.8. The molecule has 0 radical (unpaired) electrons. The molecule has 1 aromatic rings. The van der Waals surface area contributed by atoms with Crippen LogP contribution in [0.3, 0.4) is 0 Å². The topological polar surface area (TPSA) is 30.8 Å². The average Bonchev–Trinajstić information content (AvgIpc) is 2.40. The van der Waals surface area contributed by atoms with Crippen molar-refractivity contribution in [3.63, 3.8) is 0 Å². The molecule has 0 unspecified atom stereocenters. The Balaban J connectivity index is 2.27. The fourth-order valence-electron chi connectivity index (χ4n) is 1.39. The molecule has 0 amide bonds. The van der Waals surface area contributed by atoms with Gasteiger partial charge < -0.3 is 9.57 Å². The number of hydrogen-bond acceptors (Lipinski definition) is 3. The fourth-order valence-corrected chi connectivity index (χ4v) is 1.78. The van der Waals surface area contributed by atoms with Crippen molar-refractivity contribution in [2.75, 3.05) is 18.5 Å². The van der Waals surface area contributed by atoms with E-state index in [0.29, 0.717) is 6.61 Å². The molecule has 1 rings (SSSR count). The van der Waals surface area contributed by atoms with Gasteiger partial charge in [-0.25, -0.2) is 0 Å². The molecule has 0 N–H and O–H groups in total. The van der Waals surface area contributed by atoms with E-state index in [0.717, 1.165) is 29.7 Å². The van der Waals surface area contributed by atoms with Crippen LogP contribution in [-0.2, 0) is 4.84 Å². The molecule has 1 aromatic carbocycles. The van der Waals surface area contributed by atoms with E-state index in [1.165, 1.54) is 12.8 Å². The van der Waals surface area contributed by atoms with Crippen LogP contribution < -0.4 is 4.74 Å². The van der Waals surface area contributed by atoms with E-state index >= 15 is 0 Å². The van der Waals surface area contributed by atoms with Gasteiger partial charge in [0.1, 0.15) is 12.4 Å². The highest BCUT2D eigenvalue weighted by molar-refractivity contribution is 9.09. The first-order valence-corrected chi connectivity index (χ1v) is 7.43. The van der Waals surface area contributed by atoms with E-state index in [1.54, 1.807) is 6.21 Å². The summed E-state index contributed by atoms with van der Waals surface area (Å²) in [6.07, 6.45) is 5.20. The maximum atomic E-state index is 5.64. The lowest BCUT2D eigenvalue weighted by atomic mass is 10.2. The second-order valence-corrected chi connectivity index (χ2v) is 4.61. The summed E-state index contributed by atoms with van der Waals surface area (Å²) < 4.78 is 5.64. The molecule has 18 heavy (non-hydrogen) atoms. The minimum atomic E-state index is 0.589. The van der Waals surface area contributed by atoms with Crippen LogP contribution in [0.2, 0.25) is 0 Å². The highest BCUT2D eigenvalue weighted by atomic mass is 79.9. The summed E-state index contributed by atoms with van der Waals surface area (Å²) in [6, 6.07) is 7.85. The van der Waals surface area contributed by atoms with Crippen molar-refractivity contribution in [2.24, 2.45) is 5.16 Å². The Morgan fingerprint density at radius 3 is 2.61 bits per heavy atom. The van der Waals surface area contributed by atoms with Crippen molar-refractivity contribution in [1.29, 1.82) is 0 Å². The SMILES string of the molecule is CCO/N=C/c1ccc(OCCCCCBr)cc1. The Hall–Kier alpha value is -1.03. The van der Waals surface area contributed by atoms with Gasteiger partial charge in [0.05, 0.1) is 12.8 Å². The molecule has 0 aliphatic heterocycles. The van der Waals surface area contributed by atoms with E-state index in [9.17, 15) is 0 Å². The summed E-state index contributed by atoms with van der Waals surface area (Å²) in [6.45, 7) is 3.27. The van der Waals surface area contributed by atoms with Crippen LogP contribution >= 0.6 is 15.9 Å². The molecule has 0 bridgehead atoms. The van der Waals surface area contributed by atoms with Gasteiger partial charge in [-0.2, -0.15) is 0 Å². The summed E-state index contributed by atoms with van der Waals surface area (Å²) in [5.74, 6) is 0.905. The molecule has 0 aromatic heterocycles. The Bertz CT molecular complexity index is 338. The maximum Gasteiger partial charge on any atom is 0.119 e. The molecule has 0 spiro atoms. The lowest BCUT2D eigenvalue weighted by Crippen LogP contribution is -1.97. The highest BCUT2D eigenvalue weighted by Crippen LogP contribution is 2.12. The lowest BCUT2D eigenvalue weighted by molar-refractivity contribution is 0.160. The monoisotopic (exact) mass is 313 g/mol. The minimum Gasteiger partial charge on any atom is -0.494 e. The summed E-state index contributed by atoms with van der Waals surface area (Å²) in [7, 11) is 0. The normalized spacial score (nSPS) is 10.8. The zero-order valence-corrected chi connectivity index (χ0v) is 12.4. The number of unbranched alkanes of at least 4 members (excludes halogenated alkanes) is 2. The molecule has 0 atom stereocenters. The number of nitrogens with zero attached hydrogens (tertiary/aromatic N) is 1. The molecule has 0 saturated carbocycles. The summed E-state index contributed by atoms with van der Waals surface area (Å²) in [5.41, 5.74) is 1.01. The molecule has 0 aliphatic rings. The lowest BCUT2D eigenvalue weighted by Gasteiger charge is -2.05. The Labute approximate surface area is 117 Å². The van der Waals surface area contributed by atoms with Crippen molar-refractivity contribution in [2.45, 2.75) is 26.2 Å². The van der Waals surface area contributed by atoms with Crippen LogP contribution in [0.5, 0.6) is 5.75 Å². The van der Waals surface area contributed by atoms with Gasteiger partial charge in [-0.15, -0.1) is 0 Å². The number of ether oxygens (including phenoxy) is 1. The zero-order chi connectivity index (χ0) is 13.1. The van der Waals surface area contributed by atoms with E-state index in [-0.39, 0.29) is 0 Å². The van der Waals surface area contributed by atoms with Gasteiger partial charge in [0.2, 0.25) is 0 Å². The van der Waals surface area contributed by atoms with E-state index in [1.807, 2.05) is 31.2 Å². The largest absolute Gasteiger partial charge is 0.494 e. The molecule has 3 nitrogen and oxygen atoms in total. The molecule has 0 heterocycles. The quantitative estimate of drug-likeness (QED) is 0.298. The summed E-state index contributed by atoms with van der Waals surface area (Å²) >= 11 is 3.42. The number of benzene rings is 1. The molecule has 4 heteroatoms. The van der Waals surface area contributed by atoms with Crippen LogP contribution in [0.25, 0.3) is 0 Å². The number of hydrogen-bond donors (Lipinski definition) is 0. The Kier molecular flexibility index (Phi) is 8.30. The van der Waals surface area contributed by atoms with E-state index in [4.69, 9.17) is 9.57 Å². The molecular formula is C14H20BrNO2. The number of oxime groups is 1. The van der Waals surface area contributed by atoms with Crippen molar-refractivity contribution < 1.29 is 9.57 Å². The Morgan fingerprint density at radius 1 is 1.17 bits per heavy atom. The summed E-state index contributed by atoms with van der Waals surface area (Å²) in [5, 5.41) is 4.89. The second-order valence-electron chi connectivity index (χ2n) is 3.82. The third-order valence-corrected chi connectivity index (χ3v) is 2.89. The predicted octanol–water partition coefficient (Wildman–Crippen LogP) is 4.00. The van der Waals surface area contributed by atoms with E-state index in [2.05, 4.69) is 21.1 Å². The van der Waals surface area contributed by atoms with Gasteiger partial charge in [0.25, 0.3) is 0 Å². The standard InChI is InChI=1S/C14H20BrNO2/c1-2-18-16-12-13-6-8-14(9-7-13)17-11-5-3-4-10-15/h6-9,12H,2-5,10-11H2,1H3/b16-12+. The predicted molar refractivity (Wildman–Crippen MR) is 78.8 cm³/mol. The highest BCUT2D eigenvalue weighted by Gasteiger charge is 1.94. The van der Waals surface area contributed by atoms with Gasteiger partial charge in [-0.3, -0.25) is 0 Å². The first-order valence-electron chi connectivity index (χ1n) is 6.31. The fraction of sp³-hybridized carbons (Fsp3) is 0.500. The van der Waals surface area contributed by atoms with Crippen LogP contribution in [0.15, 0.2) is 29.4 Å². The minimum absolute atomic E-state index is 0.589. The van der Waals surface area contributed by atoms with Gasteiger partial charge in [0, 0.05) is 5.33 Å². The average molecular weight is 314 g/mol. The first kappa shape index (κ1) is 15.0. The smallest absolute Gasteiger partial charge is 0.119 e. The second kappa shape index (κ2) is 9.95. The third kappa shape index (κ3) is 6.64. The van der Waals surface area contributed by atoms with Crippen LogP contribution in [0.4, 0.5) is 0 Å². The Morgan fingerprint density at radius 2 is 1.94 bits per heavy atom. The van der Waals surface area contributed by atoms with Crippen LogP contribution in [0.1, 0.15) is 31.7 Å². The van der Waals surface area contributed by atoms with Crippen molar-refractivity contribution in [1.82, 2.24) is 0 Å². The van der Waals surface area contributed by atoms with Crippen molar-refractivity contribution in [3.8, 4) is 5.75 Å². The molecule has 100 valence electrons. The maximum absolute atomic E-state index is 5.64.